The van der Waals surface area contributed by atoms with Gasteiger partial charge in [0, 0.05) is 36.7 Å². The molecular weight excluding hydrogens is 380 g/mol. The maximum absolute atomic E-state index is 12.8. The highest BCUT2D eigenvalue weighted by atomic mass is 16.5. The minimum atomic E-state index is -0.242. The number of carbonyl (C=O) groups excluding carboxylic acids is 1. The number of nitrogens with zero attached hydrogens (tertiary/aromatic N) is 4. The molecule has 0 atom stereocenters. The number of carbonyl (C=O) groups is 1. The second-order valence-electron chi connectivity index (χ2n) is 6.98. The summed E-state index contributed by atoms with van der Waals surface area (Å²) in [5.74, 6) is 0.431. The average Bonchev–Trinajstić information content (AvgIpc) is 3.25. The number of nitrogens with one attached hydrogen (secondary N) is 2. The molecular formula is C22H20N6O2. The number of amides is 1. The van der Waals surface area contributed by atoms with Crippen LogP contribution in [0.5, 0.6) is 0 Å². The van der Waals surface area contributed by atoms with E-state index < -0.39 is 0 Å². The number of morpholine rings is 1. The van der Waals surface area contributed by atoms with Gasteiger partial charge in [0.15, 0.2) is 5.65 Å². The SMILES string of the molecule is O=C(Nc1cccnc1)c1ccnc2nc(-c3ccc(N4CCOCC4)cc3)[nH]c12. The Morgan fingerprint density at radius 2 is 1.90 bits per heavy atom. The van der Waals surface area contributed by atoms with Crippen molar-refractivity contribution in [2.24, 2.45) is 0 Å². The molecule has 1 fully saturated rings. The number of hydrogen-bond acceptors (Lipinski definition) is 6. The van der Waals surface area contributed by atoms with Crippen LogP contribution in [0, 0.1) is 0 Å². The first-order chi connectivity index (χ1) is 14.8. The summed E-state index contributed by atoms with van der Waals surface area (Å²) >= 11 is 0. The summed E-state index contributed by atoms with van der Waals surface area (Å²) in [5, 5.41) is 2.85. The molecule has 1 saturated heterocycles. The lowest BCUT2D eigenvalue weighted by Gasteiger charge is -2.28. The lowest BCUT2D eigenvalue weighted by atomic mass is 10.2. The summed E-state index contributed by atoms with van der Waals surface area (Å²) in [4.78, 5) is 31.2. The molecule has 1 amide bonds. The fourth-order valence-electron chi connectivity index (χ4n) is 3.52. The van der Waals surface area contributed by atoms with Gasteiger partial charge < -0.3 is 19.9 Å². The van der Waals surface area contributed by atoms with Crippen LogP contribution < -0.4 is 10.2 Å². The predicted molar refractivity (Wildman–Crippen MR) is 115 cm³/mol. The maximum atomic E-state index is 12.8. The third kappa shape index (κ3) is 3.60. The molecule has 5 rings (SSSR count). The van der Waals surface area contributed by atoms with Gasteiger partial charge in [-0.2, -0.15) is 0 Å². The van der Waals surface area contributed by atoms with Crippen molar-refractivity contribution in [1.82, 2.24) is 19.9 Å². The number of anilines is 2. The van der Waals surface area contributed by atoms with Crippen molar-refractivity contribution >= 4 is 28.4 Å². The van der Waals surface area contributed by atoms with E-state index in [9.17, 15) is 4.79 Å². The third-order valence-electron chi connectivity index (χ3n) is 5.07. The zero-order valence-electron chi connectivity index (χ0n) is 16.2. The van der Waals surface area contributed by atoms with E-state index in [-0.39, 0.29) is 5.91 Å². The van der Waals surface area contributed by atoms with Gasteiger partial charge in [-0.3, -0.25) is 9.78 Å². The molecule has 0 radical (unpaired) electrons. The Morgan fingerprint density at radius 3 is 2.67 bits per heavy atom. The van der Waals surface area contributed by atoms with Gasteiger partial charge in [-0.1, -0.05) is 0 Å². The van der Waals surface area contributed by atoms with Crippen LogP contribution in [0.3, 0.4) is 0 Å². The normalized spacial score (nSPS) is 14.1. The van der Waals surface area contributed by atoms with Gasteiger partial charge >= 0.3 is 0 Å². The van der Waals surface area contributed by atoms with E-state index in [2.05, 4.69) is 42.3 Å². The van der Waals surface area contributed by atoms with E-state index >= 15 is 0 Å². The molecule has 30 heavy (non-hydrogen) atoms. The highest BCUT2D eigenvalue weighted by Gasteiger charge is 2.16. The van der Waals surface area contributed by atoms with Crippen molar-refractivity contribution in [2.45, 2.75) is 0 Å². The second-order valence-corrected chi connectivity index (χ2v) is 6.98. The fraction of sp³-hybridized carbons (Fsp3) is 0.182. The number of rotatable bonds is 4. The van der Waals surface area contributed by atoms with Crippen LogP contribution in [-0.2, 0) is 4.74 Å². The number of pyridine rings is 2. The topological polar surface area (TPSA) is 96.0 Å². The number of aromatic amines is 1. The van der Waals surface area contributed by atoms with Gasteiger partial charge in [0.05, 0.1) is 36.2 Å². The van der Waals surface area contributed by atoms with E-state index in [0.29, 0.717) is 28.2 Å². The minimum absolute atomic E-state index is 0.242. The molecule has 4 heterocycles. The van der Waals surface area contributed by atoms with Crippen LogP contribution in [0.15, 0.2) is 61.1 Å². The molecule has 1 aliphatic heterocycles. The zero-order valence-corrected chi connectivity index (χ0v) is 16.2. The molecule has 3 aromatic heterocycles. The van der Waals surface area contributed by atoms with Crippen molar-refractivity contribution < 1.29 is 9.53 Å². The summed E-state index contributed by atoms with van der Waals surface area (Å²) in [6.07, 6.45) is 4.85. The number of imidazole rings is 1. The largest absolute Gasteiger partial charge is 0.378 e. The Bertz CT molecular complexity index is 1170. The standard InChI is InChI=1S/C22H20N6O2/c29-22(25-16-2-1-8-23-14-16)18-7-9-24-21-19(18)26-20(27-21)15-3-5-17(6-4-15)28-10-12-30-13-11-28/h1-9,14H,10-13H2,(H,25,29)(H,24,26,27). The monoisotopic (exact) mass is 400 g/mol. The molecule has 150 valence electrons. The summed E-state index contributed by atoms with van der Waals surface area (Å²) in [6, 6.07) is 13.5. The van der Waals surface area contributed by atoms with Crippen LogP contribution >= 0.6 is 0 Å². The van der Waals surface area contributed by atoms with E-state index in [4.69, 9.17) is 4.74 Å². The summed E-state index contributed by atoms with van der Waals surface area (Å²) < 4.78 is 5.42. The minimum Gasteiger partial charge on any atom is -0.378 e. The number of aromatic nitrogens is 4. The molecule has 2 N–H and O–H groups in total. The van der Waals surface area contributed by atoms with E-state index in [1.165, 1.54) is 0 Å². The van der Waals surface area contributed by atoms with E-state index in [0.717, 1.165) is 37.6 Å². The Morgan fingerprint density at radius 1 is 1.07 bits per heavy atom. The molecule has 0 aliphatic carbocycles. The van der Waals surface area contributed by atoms with Crippen LogP contribution in [0.2, 0.25) is 0 Å². The molecule has 0 spiro atoms. The lowest BCUT2D eigenvalue weighted by molar-refractivity contribution is 0.102. The Kier molecular flexibility index (Phi) is 4.82. The van der Waals surface area contributed by atoms with Gasteiger partial charge in [0.25, 0.3) is 5.91 Å². The first-order valence-electron chi connectivity index (χ1n) is 9.77. The first-order valence-corrected chi connectivity index (χ1v) is 9.77. The maximum Gasteiger partial charge on any atom is 0.258 e. The fourth-order valence-corrected chi connectivity index (χ4v) is 3.52. The molecule has 0 bridgehead atoms. The van der Waals surface area contributed by atoms with E-state index in [1.807, 2.05) is 12.1 Å². The zero-order chi connectivity index (χ0) is 20.3. The van der Waals surface area contributed by atoms with Gasteiger partial charge in [0.1, 0.15) is 5.82 Å². The smallest absolute Gasteiger partial charge is 0.258 e. The van der Waals surface area contributed by atoms with Crippen molar-refractivity contribution in [2.75, 3.05) is 36.5 Å². The van der Waals surface area contributed by atoms with Crippen LogP contribution in [0.25, 0.3) is 22.6 Å². The van der Waals surface area contributed by atoms with Crippen molar-refractivity contribution in [3.05, 3.63) is 66.6 Å². The Balaban J connectivity index is 1.42. The van der Waals surface area contributed by atoms with Gasteiger partial charge in [0.2, 0.25) is 0 Å². The number of H-pyrrole nitrogens is 1. The van der Waals surface area contributed by atoms with Crippen molar-refractivity contribution in [3.8, 4) is 11.4 Å². The Hall–Kier alpha value is -3.78. The number of benzene rings is 1. The predicted octanol–water partition coefficient (Wildman–Crippen LogP) is 3.11. The first kappa shape index (κ1) is 18.3. The van der Waals surface area contributed by atoms with Crippen molar-refractivity contribution in [1.29, 1.82) is 0 Å². The quantitative estimate of drug-likeness (QED) is 0.546. The summed E-state index contributed by atoms with van der Waals surface area (Å²) in [7, 11) is 0. The van der Waals surface area contributed by atoms with E-state index in [1.54, 1.807) is 36.8 Å². The van der Waals surface area contributed by atoms with Crippen LogP contribution in [-0.4, -0.2) is 52.1 Å². The molecule has 8 nitrogen and oxygen atoms in total. The molecule has 1 aliphatic rings. The van der Waals surface area contributed by atoms with Crippen LogP contribution in [0.4, 0.5) is 11.4 Å². The van der Waals surface area contributed by atoms with Gasteiger partial charge in [-0.25, -0.2) is 9.97 Å². The van der Waals surface area contributed by atoms with Crippen molar-refractivity contribution in [3.63, 3.8) is 0 Å². The average molecular weight is 400 g/mol. The molecule has 1 aromatic carbocycles. The lowest BCUT2D eigenvalue weighted by Crippen LogP contribution is -2.36. The molecule has 4 aromatic rings. The number of ether oxygens (including phenoxy) is 1. The Labute approximate surface area is 172 Å². The van der Waals surface area contributed by atoms with Crippen LogP contribution in [0.1, 0.15) is 10.4 Å². The summed E-state index contributed by atoms with van der Waals surface area (Å²) in [5.41, 5.74) is 4.31. The molecule has 0 saturated carbocycles. The highest BCUT2D eigenvalue weighted by Crippen LogP contribution is 2.25. The van der Waals surface area contributed by atoms with Gasteiger partial charge in [-0.15, -0.1) is 0 Å². The van der Waals surface area contributed by atoms with Gasteiger partial charge in [-0.05, 0) is 42.5 Å². The molecule has 8 heteroatoms. The second kappa shape index (κ2) is 7.92. The highest BCUT2D eigenvalue weighted by molar-refractivity contribution is 6.11. The number of hydrogen-bond donors (Lipinski definition) is 2. The number of fused-ring (bicyclic) bond motifs is 1. The summed E-state index contributed by atoms with van der Waals surface area (Å²) in [6.45, 7) is 3.29. The third-order valence-corrected chi connectivity index (χ3v) is 5.07. The molecule has 0 unspecified atom stereocenters.